The zero-order valence-corrected chi connectivity index (χ0v) is 14.0. The molecule has 4 aromatic rings. The van der Waals surface area contributed by atoms with Crippen molar-refractivity contribution in [2.24, 2.45) is 0 Å². The quantitative estimate of drug-likeness (QED) is 0.537. The lowest BCUT2D eigenvalue weighted by Gasteiger charge is -2.04. The molecule has 1 amide bonds. The summed E-state index contributed by atoms with van der Waals surface area (Å²) >= 11 is 0. The lowest BCUT2D eigenvalue weighted by atomic mass is 10.3. The first-order valence-corrected chi connectivity index (χ1v) is 8.35. The van der Waals surface area contributed by atoms with Gasteiger partial charge in [0.15, 0.2) is 5.69 Å². The molecule has 2 aromatic heterocycles. The van der Waals surface area contributed by atoms with Crippen LogP contribution in [0, 0.1) is 0 Å². The highest BCUT2D eigenvalue weighted by atomic mass is 16.2. The van der Waals surface area contributed by atoms with E-state index in [0.717, 1.165) is 23.1 Å². The van der Waals surface area contributed by atoms with Crippen LogP contribution in [-0.4, -0.2) is 42.4 Å². The predicted molar refractivity (Wildman–Crippen MR) is 95.8 cm³/mol. The zero-order valence-electron chi connectivity index (χ0n) is 14.0. The van der Waals surface area contributed by atoms with Crippen LogP contribution >= 0.6 is 0 Å². The number of carbonyl (C=O) groups is 1. The van der Waals surface area contributed by atoms with Gasteiger partial charge in [-0.3, -0.25) is 4.79 Å². The van der Waals surface area contributed by atoms with Crippen molar-refractivity contribution in [2.45, 2.75) is 13.0 Å². The van der Waals surface area contributed by atoms with Crippen molar-refractivity contribution in [3.8, 4) is 5.69 Å². The van der Waals surface area contributed by atoms with Crippen LogP contribution in [0.2, 0.25) is 0 Å². The molecule has 26 heavy (non-hydrogen) atoms. The van der Waals surface area contributed by atoms with Crippen molar-refractivity contribution < 1.29 is 4.79 Å². The molecule has 0 saturated heterocycles. The number of nitrogens with one attached hydrogen (secondary N) is 1. The van der Waals surface area contributed by atoms with Crippen molar-refractivity contribution >= 4 is 16.9 Å². The van der Waals surface area contributed by atoms with Gasteiger partial charge in [-0.05, 0) is 30.7 Å². The number of nitrogens with zero attached hydrogens (tertiary/aromatic N) is 6. The molecule has 0 spiro atoms. The first kappa shape index (κ1) is 15.9. The molecule has 8 heteroatoms. The van der Waals surface area contributed by atoms with Crippen molar-refractivity contribution in [3.05, 3.63) is 66.5 Å². The fourth-order valence-electron chi connectivity index (χ4n) is 2.68. The topological polar surface area (TPSA) is 90.5 Å². The van der Waals surface area contributed by atoms with Gasteiger partial charge in [-0.2, -0.15) is 0 Å². The second-order valence-corrected chi connectivity index (χ2v) is 5.79. The van der Waals surface area contributed by atoms with Crippen LogP contribution in [-0.2, 0) is 6.54 Å². The van der Waals surface area contributed by atoms with Gasteiger partial charge in [0.25, 0.3) is 5.91 Å². The van der Waals surface area contributed by atoms with Gasteiger partial charge >= 0.3 is 0 Å². The van der Waals surface area contributed by atoms with Gasteiger partial charge in [0.1, 0.15) is 5.52 Å². The third-order valence-electron chi connectivity index (χ3n) is 4.00. The monoisotopic (exact) mass is 347 g/mol. The van der Waals surface area contributed by atoms with E-state index in [0.29, 0.717) is 18.8 Å². The number of hydrogen-bond acceptors (Lipinski definition) is 5. The van der Waals surface area contributed by atoms with E-state index < -0.39 is 0 Å². The second kappa shape index (κ2) is 7.14. The van der Waals surface area contributed by atoms with Gasteiger partial charge in [-0.15, -0.1) is 10.2 Å². The minimum Gasteiger partial charge on any atom is -0.351 e. The van der Waals surface area contributed by atoms with E-state index in [1.807, 2.05) is 59.3 Å². The molecular formula is C18H17N7O. The van der Waals surface area contributed by atoms with Crippen molar-refractivity contribution in [1.82, 2.24) is 35.3 Å². The minimum absolute atomic E-state index is 0.240. The third kappa shape index (κ3) is 3.30. The first-order valence-electron chi connectivity index (χ1n) is 8.35. The summed E-state index contributed by atoms with van der Waals surface area (Å²) in [5, 5.41) is 19.0. The average molecular weight is 347 g/mol. The number of rotatable bonds is 6. The van der Waals surface area contributed by atoms with Crippen LogP contribution in [0.3, 0.4) is 0 Å². The fraction of sp³-hybridized carbons (Fsp3) is 0.167. The van der Waals surface area contributed by atoms with E-state index >= 15 is 0 Å². The van der Waals surface area contributed by atoms with Crippen LogP contribution in [0.1, 0.15) is 16.9 Å². The van der Waals surface area contributed by atoms with Crippen LogP contribution < -0.4 is 5.32 Å². The highest BCUT2D eigenvalue weighted by Gasteiger charge is 2.11. The standard InChI is InChI=1S/C18H17N7O/c26-18(16-13-25(23-21-16)14-7-2-1-3-8-14)19-11-6-12-24-17-10-5-4-9-15(17)20-22-24/h1-5,7-10,13H,6,11-12H2,(H,19,26). The van der Waals surface area contributed by atoms with Crippen molar-refractivity contribution in [1.29, 1.82) is 0 Å². The van der Waals surface area contributed by atoms with E-state index in [4.69, 9.17) is 0 Å². The largest absolute Gasteiger partial charge is 0.351 e. The van der Waals surface area contributed by atoms with E-state index in [1.54, 1.807) is 10.9 Å². The summed E-state index contributed by atoms with van der Waals surface area (Å²) in [5.74, 6) is -0.240. The van der Waals surface area contributed by atoms with Crippen LogP contribution in [0.4, 0.5) is 0 Å². The molecule has 0 bridgehead atoms. The number of aromatic nitrogens is 6. The van der Waals surface area contributed by atoms with Crippen molar-refractivity contribution in [2.75, 3.05) is 6.54 Å². The normalized spacial score (nSPS) is 10.9. The van der Waals surface area contributed by atoms with Crippen LogP contribution in [0.15, 0.2) is 60.8 Å². The molecule has 1 N–H and O–H groups in total. The maximum Gasteiger partial charge on any atom is 0.273 e. The molecule has 0 radical (unpaired) electrons. The van der Waals surface area contributed by atoms with E-state index in [1.165, 1.54) is 0 Å². The lowest BCUT2D eigenvalue weighted by Crippen LogP contribution is -2.25. The maximum atomic E-state index is 12.2. The molecule has 0 atom stereocenters. The molecule has 8 nitrogen and oxygen atoms in total. The maximum absolute atomic E-state index is 12.2. The predicted octanol–water partition coefficient (Wildman–Crippen LogP) is 1.83. The summed E-state index contributed by atoms with van der Waals surface area (Å²) < 4.78 is 3.42. The zero-order chi connectivity index (χ0) is 17.8. The molecule has 130 valence electrons. The molecule has 4 rings (SSSR count). The second-order valence-electron chi connectivity index (χ2n) is 5.79. The Hall–Kier alpha value is -3.55. The summed E-state index contributed by atoms with van der Waals surface area (Å²) in [5.41, 5.74) is 3.01. The fourth-order valence-corrected chi connectivity index (χ4v) is 2.68. The van der Waals surface area contributed by atoms with Crippen LogP contribution in [0.5, 0.6) is 0 Å². The summed E-state index contributed by atoms with van der Waals surface area (Å²) in [6.07, 6.45) is 2.36. The number of benzene rings is 2. The number of amides is 1. The van der Waals surface area contributed by atoms with Crippen molar-refractivity contribution in [3.63, 3.8) is 0 Å². The molecular weight excluding hydrogens is 330 g/mol. The average Bonchev–Trinajstić information content (AvgIpc) is 3.33. The Morgan fingerprint density at radius 1 is 0.962 bits per heavy atom. The number of para-hydroxylation sites is 2. The van der Waals surface area contributed by atoms with Gasteiger partial charge in [0.2, 0.25) is 0 Å². The SMILES string of the molecule is O=C(NCCCn1nnc2ccccc21)c1cn(-c2ccccc2)nn1. The summed E-state index contributed by atoms with van der Waals surface area (Å²) in [4.78, 5) is 12.2. The Bertz CT molecular complexity index is 1020. The molecule has 2 heterocycles. The van der Waals surface area contributed by atoms with Gasteiger partial charge in [-0.1, -0.05) is 40.8 Å². The van der Waals surface area contributed by atoms with Gasteiger partial charge in [0.05, 0.1) is 17.4 Å². The van der Waals surface area contributed by atoms with Gasteiger partial charge < -0.3 is 5.32 Å². The minimum atomic E-state index is -0.240. The summed E-state index contributed by atoms with van der Waals surface area (Å²) in [7, 11) is 0. The first-order chi connectivity index (χ1) is 12.8. The molecule has 0 aliphatic rings. The Morgan fingerprint density at radius 3 is 2.65 bits per heavy atom. The Kier molecular flexibility index (Phi) is 4.38. The molecule has 0 aliphatic carbocycles. The highest BCUT2D eigenvalue weighted by Crippen LogP contribution is 2.10. The Morgan fingerprint density at radius 2 is 1.77 bits per heavy atom. The third-order valence-corrected chi connectivity index (χ3v) is 4.00. The number of fused-ring (bicyclic) bond motifs is 1. The highest BCUT2D eigenvalue weighted by molar-refractivity contribution is 5.91. The Balaban J connectivity index is 1.31. The molecule has 0 aliphatic heterocycles. The van der Waals surface area contributed by atoms with Gasteiger partial charge in [-0.25, -0.2) is 9.36 Å². The van der Waals surface area contributed by atoms with Gasteiger partial charge in [0, 0.05) is 13.1 Å². The van der Waals surface area contributed by atoms with Crippen LogP contribution in [0.25, 0.3) is 16.7 Å². The smallest absolute Gasteiger partial charge is 0.273 e. The lowest BCUT2D eigenvalue weighted by molar-refractivity contribution is 0.0947. The molecule has 0 saturated carbocycles. The molecule has 2 aromatic carbocycles. The number of hydrogen-bond donors (Lipinski definition) is 1. The molecule has 0 fully saturated rings. The number of carbonyl (C=O) groups excluding carboxylic acids is 1. The van der Waals surface area contributed by atoms with E-state index in [-0.39, 0.29) is 5.91 Å². The molecule has 0 unspecified atom stereocenters. The Labute approximate surface area is 149 Å². The number of aryl methyl sites for hydroxylation is 1. The summed E-state index contributed by atoms with van der Waals surface area (Å²) in [6.45, 7) is 1.20. The van der Waals surface area contributed by atoms with E-state index in [9.17, 15) is 4.79 Å². The summed E-state index contributed by atoms with van der Waals surface area (Å²) in [6, 6.07) is 17.3. The van der Waals surface area contributed by atoms with E-state index in [2.05, 4.69) is 25.9 Å².